The highest BCUT2D eigenvalue weighted by molar-refractivity contribution is 6.08. The van der Waals surface area contributed by atoms with Gasteiger partial charge in [-0.25, -0.2) is 0 Å². The number of rotatable bonds is 8. The topological polar surface area (TPSA) is 75.8 Å². The fourth-order valence-electron chi connectivity index (χ4n) is 4.58. The zero-order valence-electron chi connectivity index (χ0n) is 16.6. The summed E-state index contributed by atoms with van der Waals surface area (Å²) in [5.41, 5.74) is 7.91. The van der Waals surface area contributed by atoms with Crippen LogP contribution in [0.5, 0.6) is 5.75 Å². The number of carbonyl (C=O) groups is 1. The molecule has 3 rings (SSSR count). The van der Waals surface area contributed by atoms with Gasteiger partial charge < -0.3 is 15.6 Å². The van der Waals surface area contributed by atoms with Crippen LogP contribution in [-0.2, 0) is 17.8 Å². The van der Waals surface area contributed by atoms with E-state index in [4.69, 9.17) is 10.5 Å². The molecule has 1 unspecified atom stereocenters. The molecule has 0 aromatic heterocycles. The average Bonchev–Trinajstić information content (AvgIpc) is 2.69. The first kappa shape index (κ1) is 20.2. The van der Waals surface area contributed by atoms with Gasteiger partial charge in [0, 0.05) is 12.1 Å². The Labute approximate surface area is 163 Å². The molecule has 0 radical (unpaired) electrons. The van der Waals surface area contributed by atoms with Crippen LogP contribution in [0.25, 0.3) is 0 Å². The number of aryl methyl sites for hydroxylation is 1. The van der Waals surface area contributed by atoms with Gasteiger partial charge in [0.15, 0.2) is 0 Å². The molecule has 1 fully saturated rings. The van der Waals surface area contributed by atoms with E-state index in [1.54, 1.807) is 0 Å². The van der Waals surface area contributed by atoms with Crippen molar-refractivity contribution in [3.8, 4) is 5.75 Å². The number of nitrogens with zero attached hydrogens (tertiary/aromatic N) is 1. The van der Waals surface area contributed by atoms with Crippen molar-refractivity contribution in [2.45, 2.75) is 63.3 Å². The number of likely N-dealkylation sites (tertiary alicyclic amines) is 1. The zero-order chi connectivity index (χ0) is 19.3. The summed E-state index contributed by atoms with van der Waals surface area (Å²) in [6, 6.07) is 6.44. The quantitative estimate of drug-likeness (QED) is 0.541. The molecule has 0 amide bonds. The Hall–Kier alpha value is -1.53. The van der Waals surface area contributed by atoms with Gasteiger partial charge in [0.05, 0.1) is 6.61 Å². The Morgan fingerprint density at radius 1 is 1.33 bits per heavy atom. The molecule has 0 aliphatic carbocycles. The summed E-state index contributed by atoms with van der Waals surface area (Å²) in [4.78, 5) is 14.3. The van der Waals surface area contributed by atoms with Gasteiger partial charge >= 0.3 is 5.97 Å². The lowest BCUT2D eigenvalue weighted by Gasteiger charge is -2.40. The maximum absolute atomic E-state index is 11.9. The summed E-state index contributed by atoms with van der Waals surface area (Å²) in [6.45, 7) is 3.47. The van der Waals surface area contributed by atoms with E-state index in [0.717, 1.165) is 76.8 Å². The monoisotopic (exact) mass is 372 g/mol. The van der Waals surface area contributed by atoms with E-state index in [2.05, 4.69) is 30.9 Å². The highest BCUT2D eigenvalue weighted by Crippen LogP contribution is 2.34. The van der Waals surface area contributed by atoms with Crippen molar-refractivity contribution >= 4 is 13.8 Å². The first-order valence-electron chi connectivity index (χ1n) is 10.5. The van der Waals surface area contributed by atoms with Crippen molar-refractivity contribution in [3.05, 3.63) is 29.3 Å². The van der Waals surface area contributed by atoms with Gasteiger partial charge in [-0.1, -0.05) is 37.4 Å². The number of carboxylic acid groups (broad SMARTS) is 1. The second-order valence-electron chi connectivity index (χ2n) is 8.21. The number of nitrogens with two attached hydrogens (primary N) is 1. The van der Waals surface area contributed by atoms with Crippen LogP contribution in [0.4, 0.5) is 0 Å². The van der Waals surface area contributed by atoms with Gasteiger partial charge in [0.25, 0.3) is 0 Å². The Morgan fingerprint density at radius 3 is 2.81 bits per heavy atom. The second-order valence-corrected chi connectivity index (χ2v) is 8.21. The third-order valence-electron chi connectivity index (χ3n) is 6.32. The third kappa shape index (κ3) is 4.67. The van der Waals surface area contributed by atoms with E-state index >= 15 is 0 Å². The molecule has 1 aromatic carbocycles. The van der Waals surface area contributed by atoms with E-state index < -0.39 is 11.5 Å². The number of unbranched alkanes of at least 4 members (excludes halogenated alkanes) is 1. The zero-order valence-corrected chi connectivity index (χ0v) is 16.6. The van der Waals surface area contributed by atoms with Crippen molar-refractivity contribution < 1.29 is 14.6 Å². The summed E-state index contributed by atoms with van der Waals surface area (Å²) in [5.74, 6) is 0.302. The van der Waals surface area contributed by atoms with Gasteiger partial charge in [0.2, 0.25) is 0 Å². The number of piperidine rings is 1. The largest absolute Gasteiger partial charge is 0.493 e. The predicted molar refractivity (Wildman–Crippen MR) is 110 cm³/mol. The van der Waals surface area contributed by atoms with Gasteiger partial charge in [-0.15, -0.1) is 0 Å². The molecule has 3 N–H and O–H groups in total. The molecule has 0 spiro atoms. The van der Waals surface area contributed by atoms with Crippen molar-refractivity contribution in [1.82, 2.24) is 4.90 Å². The van der Waals surface area contributed by atoms with Crippen LogP contribution in [0.3, 0.4) is 0 Å². The SMILES string of the molecule is BCCCCC(N)(C(=O)O)C1CCN(Cc2cccc3c2OCCC3)CC1. The second kappa shape index (κ2) is 9.11. The van der Waals surface area contributed by atoms with Gasteiger partial charge in [0.1, 0.15) is 19.1 Å². The smallest absolute Gasteiger partial charge is 0.323 e. The van der Waals surface area contributed by atoms with Crippen molar-refractivity contribution in [2.24, 2.45) is 11.7 Å². The molecule has 1 atom stereocenters. The number of carboxylic acids is 1. The summed E-state index contributed by atoms with van der Waals surface area (Å²) in [6.07, 6.45) is 7.50. The number of hydrogen-bond acceptors (Lipinski definition) is 4. The normalized spacial score (nSPS) is 20.5. The van der Waals surface area contributed by atoms with Gasteiger partial charge in [-0.05, 0) is 56.7 Å². The number of aliphatic carboxylic acids is 1. The molecular formula is C21H33BN2O3. The Kier molecular flexibility index (Phi) is 6.82. The predicted octanol–water partition coefficient (Wildman–Crippen LogP) is 2.23. The summed E-state index contributed by atoms with van der Waals surface area (Å²) >= 11 is 0. The van der Waals surface area contributed by atoms with Crippen LogP contribution in [0.15, 0.2) is 18.2 Å². The molecule has 0 saturated carbocycles. The average molecular weight is 372 g/mol. The minimum atomic E-state index is -1.07. The molecule has 27 heavy (non-hydrogen) atoms. The molecule has 1 saturated heterocycles. The first-order valence-corrected chi connectivity index (χ1v) is 10.5. The van der Waals surface area contributed by atoms with Crippen LogP contribution < -0.4 is 10.5 Å². The summed E-state index contributed by atoms with van der Waals surface area (Å²) in [5, 5.41) is 9.76. The minimum Gasteiger partial charge on any atom is -0.493 e. The summed E-state index contributed by atoms with van der Waals surface area (Å²) in [7, 11) is 2.13. The van der Waals surface area contributed by atoms with Gasteiger partial charge in [-0.3, -0.25) is 9.69 Å². The van der Waals surface area contributed by atoms with Crippen LogP contribution >= 0.6 is 0 Å². The standard InChI is InChI=1S/C21H33BN2O3/c22-11-2-1-10-21(23,20(25)26)18-8-12-24(13-9-18)15-17-6-3-5-16-7-4-14-27-19(16)17/h3,5-6,18H,1-2,4,7-15,22-23H2,(H,25,26). The number of hydrogen-bond donors (Lipinski definition) is 2. The van der Waals surface area contributed by atoms with Crippen LogP contribution in [0, 0.1) is 5.92 Å². The molecule has 2 heterocycles. The van der Waals surface area contributed by atoms with E-state index in [-0.39, 0.29) is 5.92 Å². The molecule has 0 bridgehead atoms. The van der Waals surface area contributed by atoms with Crippen LogP contribution in [-0.4, -0.2) is 49.1 Å². The number of ether oxygens (including phenoxy) is 1. The number of benzene rings is 1. The highest BCUT2D eigenvalue weighted by atomic mass is 16.5. The van der Waals surface area contributed by atoms with E-state index in [1.165, 1.54) is 11.1 Å². The third-order valence-corrected chi connectivity index (χ3v) is 6.32. The lowest BCUT2D eigenvalue weighted by atomic mass is 9.75. The molecule has 2 aliphatic heterocycles. The van der Waals surface area contributed by atoms with Crippen molar-refractivity contribution in [3.63, 3.8) is 0 Å². The maximum Gasteiger partial charge on any atom is 0.323 e. The highest BCUT2D eigenvalue weighted by Gasteiger charge is 2.42. The molecule has 6 heteroatoms. The molecule has 2 aliphatic rings. The maximum atomic E-state index is 11.9. The van der Waals surface area contributed by atoms with Crippen molar-refractivity contribution in [2.75, 3.05) is 19.7 Å². The Balaban J connectivity index is 1.59. The lowest BCUT2D eigenvalue weighted by Crippen LogP contribution is -2.56. The number of para-hydroxylation sites is 1. The lowest BCUT2D eigenvalue weighted by molar-refractivity contribution is -0.147. The van der Waals surface area contributed by atoms with E-state index in [1.807, 2.05) is 0 Å². The van der Waals surface area contributed by atoms with Gasteiger partial charge in [-0.2, -0.15) is 0 Å². The summed E-state index contributed by atoms with van der Waals surface area (Å²) < 4.78 is 5.93. The molecule has 148 valence electrons. The molecule has 1 aromatic rings. The first-order chi connectivity index (χ1) is 13.0. The Bertz CT molecular complexity index is 646. The van der Waals surface area contributed by atoms with Crippen molar-refractivity contribution in [1.29, 1.82) is 0 Å². The molecule has 5 nitrogen and oxygen atoms in total. The number of fused-ring (bicyclic) bond motifs is 1. The fraction of sp³-hybridized carbons (Fsp3) is 0.667. The van der Waals surface area contributed by atoms with Crippen LogP contribution in [0.1, 0.15) is 49.7 Å². The van der Waals surface area contributed by atoms with E-state index in [0.29, 0.717) is 6.42 Å². The van der Waals surface area contributed by atoms with Crippen LogP contribution in [0.2, 0.25) is 6.32 Å². The minimum absolute atomic E-state index is 0.0593. The van der Waals surface area contributed by atoms with E-state index in [9.17, 15) is 9.90 Å². The fourth-order valence-corrected chi connectivity index (χ4v) is 4.58. The Morgan fingerprint density at radius 2 is 2.11 bits per heavy atom. The molecular weight excluding hydrogens is 339 g/mol.